The molecule has 0 radical (unpaired) electrons. The fourth-order valence-corrected chi connectivity index (χ4v) is 3.24. The lowest BCUT2D eigenvalue weighted by Gasteiger charge is -2.52. The van der Waals surface area contributed by atoms with Crippen molar-refractivity contribution < 1.29 is 20.4 Å². The predicted octanol–water partition coefficient (Wildman–Crippen LogP) is -1.74. The van der Waals surface area contributed by atoms with Gasteiger partial charge in [-0.1, -0.05) is 12.2 Å². The van der Waals surface area contributed by atoms with E-state index in [2.05, 4.69) is 0 Å². The molecule has 0 aliphatic heterocycles. The van der Waals surface area contributed by atoms with Crippen LogP contribution in [0.15, 0.2) is 24.6 Å². The van der Waals surface area contributed by atoms with E-state index in [1.165, 1.54) is 12.4 Å². The molecule has 108 valence electrons. The van der Waals surface area contributed by atoms with Gasteiger partial charge in [-0.25, -0.2) is 0 Å². The van der Waals surface area contributed by atoms with Gasteiger partial charge in [-0.15, -0.1) is 0 Å². The van der Waals surface area contributed by atoms with Gasteiger partial charge in [0.1, 0.15) is 0 Å². The predicted molar refractivity (Wildman–Crippen MR) is 69.3 cm³/mol. The molecule has 8 N–H and O–H groups in total. The van der Waals surface area contributed by atoms with Gasteiger partial charge in [-0.05, 0) is 18.8 Å². The zero-order chi connectivity index (χ0) is 14.2. The first-order valence-electron chi connectivity index (χ1n) is 6.52. The van der Waals surface area contributed by atoms with Crippen molar-refractivity contribution in [3.05, 3.63) is 24.6 Å². The first kappa shape index (κ1) is 14.3. The summed E-state index contributed by atoms with van der Waals surface area (Å²) in [4.78, 5) is 0. The molecular formula is C13H22N2O4. The molecule has 0 bridgehead atoms. The summed E-state index contributed by atoms with van der Waals surface area (Å²) in [7, 11) is 0. The minimum atomic E-state index is -0.682. The summed E-state index contributed by atoms with van der Waals surface area (Å²) in [5.41, 5.74) is 10.5. The summed E-state index contributed by atoms with van der Waals surface area (Å²) < 4.78 is 0. The van der Waals surface area contributed by atoms with E-state index in [0.29, 0.717) is 6.42 Å². The van der Waals surface area contributed by atoms with Crippen LogP contribution in [0.5, 0.6) is 0 Å². The molecule has 0 aromatic rings. The molecule has 0 amide bonds. The van der Waals surface area contributed by atoms with Crippen LogP contribution in [0.25, 0.3) is 0 Å². The Balaban J connectivity index is 1.90. The first-order chi connectivity index (χ1) is 9.02. The number of aliphatic hydroxyl groups excluding tert-OH is 4. The average Bonchev–Trinajstić information content (AvgIpc) is 2.42. The summed E-state index contributed by atoms with van der Waals surface area (Å²) in [5.74, 6) is -1.38. The highest BCUT2D eigenvalue weighted by atomic mass is 16.3. The second kappa shape index (κ2) is 5.50. The minimum Gasteiger partial charge on any atom is -0.405 e. The van der Waals surface area contributed by atoms with Crippen molar-refractivity contribution in [2.45, 2.75) is 30.8 Å². The quantitative estimate of drug-likeness (QED) is 0.359. The fraction of sp³-hybridized carbons (Fsp3) is 0.692. The number of aliphatic hydroxyl groups is 4. The topological polar surface area (TPSA) is 133 Å². The average molecular weight is 270 g/mol. The standard InChI is InChI=1S/C13H22N2O4/c14-3-1-6-10(16)8(11(6)17)5-9-12(18)7(2-4-15)13(9)19/h1-4,6-13,16-19H,5,14-15H2/b3-1+,4-2+. The highest BCUT2D eigenvalue weighted by Crippen LogP contribution is 2.46. The summed E-state index contributed by atoms with van der Waals surface area (Å²) in [6.07, 6.45) is 3.41. The molecular weight excluding hydrogens is 248 g/mol. The van der Waals surface area contributed by atoms with Crippen molar-refractivity contribution in [1.82, 2.24) is 0 Å². The minimum absolute atomic E-state index is 0.335. The van der Waals surface area contributed by atoms with Crippen molar-refractivity contribution in [2.75, 3.05) is 0 Å². The van der Waals surface area contributed by atoms with E-state index in [4.69, 9.17) is 11.5 Å². The normalized spacial score (nSPS) is 50.3. The smallest absolute Gasteiger partial charge is 0.0681 e. The largest absolute Gasteiger partial charge is 0.405 e. The summed E-state index contributed by atoms with van der Waals surface area (Å²) >= 11 is 0. The van der Waals surface area contributed by atoms with Crippen LogP contribution in [-0.2, 0) is 0 Å². The van der Waals surface area contributed by atoms with Gasteiger partial charge in [-0.3, -0.25) is 0 Å². The van der Waals surface area contributed by atoms with Crippen molar-refractivity contribution in [3.63, 3.8) is 0 Å². The zero-order valence-electron chi connectivity index (χ0n) is 10.6. The maximum atomic E-state index is 9.92. The summed E-state index contributed by atoms with van der Waals surface area (Å²) in [6.45, 7) is 0. The van der Waals surface area contributed by atoms with Crippen LogP contribution in [-0.4, -0.2) is 44.8 Å². The Morgan fingerprint density at radius 2 is 1.00 bits per heavy atom. The SMILES string of the molecule is N/C=C/C1C(O)C(CC2C(O)C(/C=C/N)C2O)C1O. The van der Waals surface area contributed by atoms with Gasteiger partial charge in [0.2, 0.25) is 0 Å². The Bertz CT molecular complexity index is 320. The number of hydrogen-bond donors (Lipinski definition) is 6. The zero-order valence-corrected chi connectivity index (χ0v) is 10.6. The van der Waals surface area contributed by atoms with Crippen LogP contribution in [0.2, 0.25) is 0 Å². The van der Waals surface area contributed by atoms with E-state index < -0.39 is 24.4 Å². The van der Waals surface area contributed by atoms with E-state index in [9.17, 15) is 20.4 Å². The molecule has 0 heterocycles. The van der Waals surface area contributed by atoms with E-state index >= 15 is 0 Å². The molecule has 2 fully saturated rings. The lowest BCUT2D eigenvalue weighted by molar-refractivity contribution is -0.183. The van der Waals surface area contributed by atoms with Crippen molar-refractivity contribution in [2.24, 2.45) is 35.1 Å². The van der Waals surface area contributed by atoms with Crippen LogP contribution in [0.1, 0.15) is 6.42 Å². The van der Waals surface area contributed by atoms with Crippen molar-refractivity contribution in [1.29, 1.82) is 0 Å². The van der Waals surface area contributed by atoms with E-state index in [1.54, 1.807) is 12.2 Å². The van der Waals surface area contributed by atoms with Crippen LogP contribution in [0, 0.1) is 23.7 Å². The van der Waals surface area contributed by atoms with Crippen molar-refractivity contribution in [3.8, 4) is 0 Å². The molecule has 2 rings (SSSR count). The molecule has 4 unspecified atom stereocenters. The fourth-order valence-electron chi connectivity index (χ4n) is 3.24. The third kappa shape index (κ3) is 2.25. The number of rotatable bonds is 4. The monoisotopic (exact) mass is 270 g/mol. The first-order valence-corrected chi connectivity index (χ1v) is 6.52. The molecule has 0 spiro atoms. The second-order valence-corrected chi connectivity index (χ2v) is 5.45. The molecule has 0 aromatic heterocycles. The van der Waals surface area contributed by atoms with Crippen LogP contribution in [0.4, 0.5) is 0 Å². The van der Waals surface area contributed by atoms with Gasteiger partial charge in [0.25, 0.3) is 0 Å². The van der Waals surface area contributed by atoms with Crippen LogP contribution in [0.3, 0.4) is 0 Å². The van der Waals surface area contributed by atoms with Gasteiger partial charge in [0, 0.05) is 23.7 Å². The van der Waals surface area contributed by atoms with E-state index in [1.807, 2.05) is 0 Å². The maximum Gasteiger partial charge on any atom is 0.0681 e. The third-order valence-corrected chi connectivity index (χ3v) is 4.54. The molecule has 19 heavy (non-hydrogen) atoms. The van der Waals surface area contributed by atoms with Crippen molar-refractivity contribution >= 4 is 0 Å². The highest BCUT2D eigenvalue weighted by Gasteiger charge is 2.54. The second-order valence-electron chi connectivity index (χ2n) is 5.45. The Morgan fingerprint density at radius 1 is 0.684 bits per heavy atom. The lowest BCUT2D eigenvalue weighted by atomic mass is 9.59. The maximum absolute atomic E-state index is 9.92. The molecule has 2 aliphatic rings. The van der Waals surface area contributed by atoms with E-state index in [-0.39, 0.29) is 23.7 Å². The lowest BCUT2D eigenvalue weighted by Crippen LogP contribution is -2.60. The van der Waals surface area contributed by atoms with Crippen LogP contribution >= 0.6 is 0 Å². The Kier molecular flexibility index (Phi) is 4.15. The molecule has 2 saturated carbocycles. The highest BCUT2D eigenvalue weighted by molar-refractivity contribution is 5.12. The number of hydrogen-bond acceptors (Lipinski definition) is 6. The molecule has 2 aliphatic carbocycles. The van der Waals surface area contributed by atoms with Gasteiger partial charge < -0.3 is 31.9 Å². The van der Waals surface area contributed by atoms with Gasteiger partial charge in [0.05, 0.1) is 24.4 Å². The molecule has 6 nitrogen and oxygen atoms in total. The van der Waals surface area contributed by atoms with Gasteiger partial charge in [0.15, 0.2) is 0 Å². The summed E-state index contributed by atoms with van der Waals surface area (Å²) in [6, 6.07) is 0. The molecule has 0 aromatic carbocycles. The number of nitrogens with two attached hydrogens (primary N) is 2. The molecule has 6 heteroatoms. The van der Waals surface area contributed by atoms with E-state index in [0.717, 1.165) is 0 Å². The third-order valence-electron chi connectivity index (χ3n) is 4.54. The molecule has 4 atom stereocenters. The Labute approximate surface area is 112 Å². The molecule has 0 saturated heterocycles. The summed E-state index contributed by atoms with van der Waals surface area (Å²) in [5, 5.41) is 39.7. The van der Waals surface area contributed by atoms with Crippen LogP contribution < -0.4 is 11.5 Å². The van der Waals surface area contributed by atoms with Gasteiger partial charge in [-0.2, -0.15) is 0 Å². The Morgan fingerprint density at radius 3 is 1.26 bits per heavy atom. The Hall–Kier alpha value is -1.08. The van der Waals surface area contributed by atoms with Gasteiger partial charge >= 0.3 is 0 Å².